The number of nitrogens with one attached hydrogen (secondary N) is 2. The lowest BCUT2D eigenvalue weighted by molar-refractivity contribution is 0.102. The van der Waals surface area contributed by atoms with Gasteiger partial charge in [-0.3, -0.25) is 4.79 Å². The SMILES string of the molecule is CC(C)Nc1ccc(NC(=O)c2ccccc2Br)cc1. The first-order chi connectivity index (χ1) is 9.56. The van der Waals surface area contributed by atoms with E-state index in [0.29, 0.717) is 11.6 Å². The Bertz CT molecular complexity index is 594. The second-order valence-corrected chi connectivity index (χ2v) is 5.66. The van der Waals surface area contributed by atoms with Crippen molar-refractivity contribution in [2.24, 2.45) is 0 Å². The summed E-state index contributed by atoms with van der Waals surface area (Å²) in [7, 11) is 0. The molecule has 0 heterocycles. The highest BCUT2D eigenvalue weighted by atomic mass is 79.9. The van der Waals surface area contributed by atoms with Crippen LogP contribution < -0.4 is 10.6 Å². The molecule has 0 spiro atoms. The Morgan fingerprint density at radius 3 is 2.20 bits per heavy atom. The monoisotopic (exact) mass is 332 g/mol. The second-order valence-electron chi connectivity index (χ2n) is 4.81. The first-order valence-corrected chi connectivity index (χ1v) is 7.28. The predicted molar refractivity (Wildman–Crippen MR) is 87.3 cm³/mol. The molecular weight excluding hydrogens is 316 g/mol. The molecule has 0 aliphatic rings. The number of benzene rings is 2. The highest BCUT2D eigenvalue weighted by Crippen LogP contribution is 2.19. The summed E-state index contributed by atoms with van der Waals surface area (Å²) in [6.45, 7) is 4.17. The molecule has 0 unspecified atom stereocenters. The summed E-state index contributed by atoms with van der Waals surface area (Å²) < 4.78 is 0.788. The molecule has 2 N–H and O–H groups in total. The van der Waals surface area contributed by atoms with Crippen LogP contribution in [0.4, 0.5) is 11.4 Å². The molecular formula is C16H17BrN2O. The summed E-state index contributed by atoms with van der Waals surface area (Å²) in [6, 6.07) is 15.4. The first kappa shape index (κ1) is 14.6. The summed E-state index contributed by atoms with van der Waals surface area (Å²) >= 11 is 3.38. The molecule has 0 atom stereocenters. The van der Waals surface area contributed by atoms with Crippen molar-refractivity contribution >= 4 is 33.2 Å². The molecule has 0 saturated carbocycles. The van der Waals surface area contributed by atoms with Gasteiger partial charge >= 0.3 is 0 Å². The number of hydrogen-bond acceptors (Lipinski definition) is 2. The van der Waals surface area contributed by atoms with Crippen LogP contribution in [-0.2, 0) is 0 Å². The van der Waals surface area contributed by atoms with Crippen LogP contribution in [0.15, 0.2) is 53.0 Å². The van der Waals surface area contributed by atoms with Crippen LogP contribution in [0.2, 0.25) is 0 Å². The fraction of sp³-hybridized carbons (Fsp3) is 0.188. The smallest absolute Gasteiger partial charge is 0.256 e. The highest BCUT2D eigenvalue weighted by molar-refractivity contribution is 9.10. The van der Waals surface area contributed by atoms with E-state index >= 15 is 0 Å². The van der Waals surface area contributed by atoms with Crippen LogP contribution in [-0.4, -0.2) is 11.9 Å². The first-order valence-electron chi connectivity index (χ1n) is 6.49. The summed E-state index contributed by atoms with van der Waals surface area (Å²) in [5.41, 5.74) is 2.44. The van der Waals surface area contributed by atoms with Crippen molar-refractivity contribution in [2.75, 3.05) is 10.6 Å². The van der Waals surface area contributed by atoms with Gasteiger partial charge < -0.3 is 10.6 Å². The van der Waals surface area contributed by atoms with E-state index in [2.05, 4.69) is 40.4 Å². The van der Waals surface area contributed by atoms with Gasteiger partial charge in [0, 0.05) is 21.9 Å². The Morgan fingerprint density at radius 2 is 1.60 bits per heavy atom. The van der Waals surface area contributed by atoms with E-state index < -0.39 is 0 Å². The molecule has 0 radical (unpaired) electrons. The van der Waals surface area contributed by atoms with Crippen LogP contribution >= 0.6 is 15.9 Å². The minimum atomic E-state index is -0.123. The molecule has 2 aromatic carbocycles. The lowest BCUT2D eigenvalue weighted by atomic mass is 10.2. The van der Waals surface area contributed by atoms with Gasteiger partial charge in [-0.1, -0.05) is 12.1 Å². The van der Waals surface area contributed by atoms with Crippen LogP contribution in [0.3, 0.4) is 0 Å². The average Bonchev–Trinajstić information content (AvgIpc) is 2.41. The van der Waals surface area contributed by atoms with Crippen molar-refractivity contribution in [3.63, 3.8) is 0 Å². The third kappa shape index (κ3) is 3.84. The molecule has 1 amide bonds. The maximum atomic E-state index is 12.1. The Balaban J connectivity index is 2.07. The lowest BCUT2D eigenvalue weighted by Gasteiger charge is -2.11. The van der Waals surface area contributed by atoms with Crippen molar-refractivity contribution < 1.29 is 4.79 Å². The zero-order chi connectivity index (χ0) is 14.5. The van der Waals surface area contributed by atoms with Crippen molar-refractivity contribution in [3.8, 4) is 0 Å². The van der Waals surface area contributed by atoms with E-state index in [-0.39, 0.29) is 5.91 Å². The number of carbonyl (C=O) groups excluding carboxylic acids is 1. The molecule has 20 heavy (non-hydrogen) atoms. The van der Waals surface area contributed by atoms with Crippen LogP contribution in [0, 0.1) is 0 Å². The van der Waals surface area contributed by atoms with Crippen molar-refractivity contribution in [1.82, 2.24) is 0 Å². The van der Waals surface area contributed by atoms with E-state index in [1.165, 1.54) is 0 Å². The topological polar surface area (TPSA) is 41.1 Å². The minimum absolute atomic E-state index is 0.123. The fourth-order valence-electron chi connectivity index (χ4n) is 1.83. The lowest BCUT2D eigenvalue weighted by Crippen LogP contribution is -2.13. The molecule has 0 aliphatic carbocycles. The third-order valence-electron chi connectivity index (χ3n) is 2.72. The third-order valence-corrected chi connectivity index (χ3v) is 3.41. The van der Waals surface area contributed by atoms with Crippen molar-refractivity contribution in [1.29, 1.82) is 0 Å². The molecule has 3 nitrogen and oxygen atoms in total. The van der Waals surface area contributed by atoms with Gasteiger partial charge in [0.15, 0.2) is 0 Å². The number of anilines is 2. The molecule has 2 rings (SSSR count). The van der Waals surface area contributed by atoms with Crippen molar-refractivity contribution in [3.05, 3.63) is 58.6 Å². The largest absolute Gasteiger partial charge is 0.383 e. The Kier molecular flexibility index (Phi) is 4.79. The van der Waals surface area contributed by atoms with E-state index in [9.17, 15) is 4.79 Å². The average molecular weight is 333 g/mol. The standard InChI is InChI=1S/C16H17BrN2O/c1-11(2)18-12-7-9-13(10-8-12)19-16(20)14-5-3-4-6-15(14)17/h3-11,18H,1-2H3,(H,19,20). The molecule has 104 valence electrons. The van der Waals surface area contributed by atoms with Crippen LogP contribution in [0.5, 0.6) is 0 Å². The summed E-state index contributed by atoms with van der Waals surface area (Å²) in [4.78, 5) is 12.1. The fourth-order valence-corrected chi connectivity index (χ4v) is 2.29. The van der Waals surface area contributed by atoms with Gasteiger partial charge in [0.05, 0.1) is 5.56 Å². The number of halogens is 1. The summed E-state index contributed by atoms with van der Waals surface area (Å²) in [5.74, 6) is -0.123. The van der Waals surface area contributed by atoms with E-state index in [1.807, 2.05) is 42.5 Å². The van der Waals surface area contributed by atoms with E-state index in [4.69, 9.17) is 0 Å². The maximum absolute atomic E-state index is 12.1. The number of amides is 1. The molecule has 2 aromatic rings. The molecule has 0 bridgehead atoms. The molecule has 0 aliphatic heterocycles. The molecule has 0 aromatic heterocycles. The molecule has 0 fully saturated rings. The Morgan fingerprint density at radius 1 is 1.00 bits per heavy atom. The zero-order valence-corrected chi connectivity index (χ0v) is 13.1. The predicted octanol–water partition coefficient (Wildman–Crippen LogP) is 4.52. The highest BCUT2D eigenvalue weighted by Gasteiger charge is 2.09. The van der Waals surface area contributed by atoms with E-state index in [1.54, 1.807) is 6.07 Å². The van der Waals surface area contributed by atoms with Crippen LogP contribution in [0.1, 0.15) is 24.2 Å². The van der Waals surface area contributed by atoms with Gasteiger partial charge in [0.25, 0.3) is 5.91 Å². The summed E-state index contributed by atoms with van der Waals surface area (Å²) in [5, 5.41) is 6.19. The number of rotatable bonds is 4. The Hall–Kier alpha value is -1.81. The number of hydrogen-bond donors (Lipinski definition) is 2. The maximum Gasteiger partial charge on any atom is 0.256 e. The number of carbonyl (C=O) groups is 1. The normalized spacial score (nSPS) is 10.4. The van der Waals surface area contributed by atoms with Crippen molar-refractivity contribution in [2.45, 2.75) is 19.9 Å². The van der Waals surface area contributed by atoms with Gasteiger partial charge in [0.1, 0.15) is 0 Å². The van der Waals surface area contributed by atoms with Gasteiger partial charge in [-0.15, -0.1) is 0 Å². The van der Waals surface area contributed by atoms with Gasteiger partial charge in [-0.05, 0) is 66.2 Å². The quantitative estimate of drug-likeness (QED) is 0.864. The second kappa shape index (κ2) is 6.57. The van der Waals surface area contributed by atoms with Crippen LogP contribution in [0.25, 0.3) is 0 Å². The van der Waals surface area contributed by atoms with Gasteiger partial charge in [0.2, 0.25) is 0 Å². The molecule has 0 saturated heterocycles. The zero-order valence-electron chi connectivity index (χ0n) is 11.5. The van der Waals surface area contributed by atoms with Gasteiger partial charge in [-0.25, -0.2) is 0 Å². The van der Waals surface area contributed by atoms with E-state index in [0.717, 1.165) is 15.8 Å². The Labute approximate surface area is 127 Å². The molecule has 4 heteroatoms. The summed E-state index contributed by atoms with van der Waals surface area (Å²) in [6.07, 6.45) is 0. The minimum Gasteiger partial charge on any atom is -0.383 e. The van der Waals surface area contributed by atoms with Gasteiger partial charge in [-0.2, -0.15) is 0 Å².